The van der Waals surface area contributed by atoms with Crippen molar-refractivity contribution in [3.05, 3.63) is 70.8 Å². The van der Waals surface area contributed by atoms with Crippen LogP contribution < -0.4 is 15.4 Å². The van der Waals surface area contributed by atoms with Crippen LogP contribution in [-0.4, -0.2) is 22.9 Å². The molecule has 1 aliphatic rings. The van der Waals surface area contributed by atoms with E-state index in [0.717, 1.165) is 5.56 Å². The zero-order chi connectivity index (χ0) is 18.7. The Morgan fingerprint density at radius 1 is 1.04 bits per heavy atom. The molecule has 1 fully saturated rings. The lowest BCUT2D eigenvalue weighted by atomic mass is 10.1. The number of esters is 1. The fourth-order valence-corrected chi connectivity index (χ4v) is 2.53. The lowest BCUT2D eigenvalue weighted by Crippen LogP contribution is -2.51. The van der Waals surface area contributed by atoms with Crippen LogP contribution >= 0.6 is 12.2 Å². The smallest absolute Gasteiger partial charge is 0.343 e. The molecule has 0 bridgehead atoms. The second-order valence-corrected chi connectivity index (χ2v) is 6.03. The Kier molecular flexibility index (Phi) is 4.90. The topological polar surface area (TPSA) is 84.5 Å². The van der Waals surface area contributed by atoms with Crippen LogP contribution in [0.15, 0.2) is 54.1 Å². The third-order valence-electron chi connectivity index (χ3n) is 3.60. The van der Waals surface area contributed by atoms with Crippen LogP contribution in [0.2, 0.25) is 0 Å². The van der Waals surface area contributed by atoms with Crippen molar-refractivity contribution in [3.63, 3.8) is 0 Å². The quantitative estimate of drug-likeness (QED) is 0.286. The SMILES string of the molecule is Cc1cccc(C(=O)Oc2ccc(C=C3C(=O)NC(=S)NC3=O)cc2)c1. The standard InChI is InChI=1S/C19H14N2O4S/c1-11-3-2-4-13(9-11)18(24)25-14-7-5-12(6-8-14)10-15-16(22)20-19(26)21-17(15)23/h2-10H,1H3,(H2,20,21,22,23,26). The van der Waals surface area contributed by atoms with Crippen molar-refractivity contribution in [2.75, 3.05) is 0 Å². The van der Waals surface area contributed by atoms with Gasteiger partial charge in [-0.25, -0.2) is 4.79 Å². The van der Waals surface area contributed by atoms with Crippen LogP contribution in [0.5, 0.6) is 5.75 Å². The predicted octanol–water partition coefficient (Wildman–Crippen LogP) is 2.13. The zero-order valence-corrected chi connectivity index (χ0v) is 14.6. The summed E-state index contributed by atoms with van der Waals surface area (Å²) in [5.41, 5.74) is 1.98. The number of carbonyl (C=O) groups excluding carboxylic acids is 3. The molecule has 0 saturated carbocycles. The number of thiocarbonyl (C=S) groups is 1. The van der Waals surface area contributed by atoms with E-state index in [1.165, 1.54) is 6.08 Å². The molecular formula is C19H14N2O4S. The number of hydrogen-bond acceptors (Lipinski definition) is 5. The van der Waals surface area contributed by atoms with Crippen molar-refractivity contribution in [2.24, 2.45) is 0 Å². The van der Waals surface area contributed by atoms with Gasteiger partial charge in [-0.2, -0.15) is 0 Å². The van der Waals surface area contributed by atoms with Gasteiger partial charge in [0.1, 0.15) is 11.3 Å². The van der Waals surface area contributed by atoms with Crippen molar-refractivity contribution in [2.45, 2.75) is 6.92 Å². The number of ether oxygens (including phenoxy) is 1. The molecule has 0 atom stereocenters. The van der Waals surface area contributed by atoms with Crippen LogP contribution in [0.4, 0.5) is 0 Å². The molecule has 1 saturated heterocycles. The van der Waals surface area contributed by atoms with E-state index in [1.54, 1.807) is 42.5 Å². The maximum absolute atomic E-state index is 12.1. The number of nitrogens with one attached hydrogen (secondary N) is 2. The first-order chi connectivity index (χ1) is 12.4. The summed E-state index contributed by atoms with van der Waals surface area (Å²) in [6.07, 6.45) is 1.43. The number of rotatable bonds is 3. The highest BCUT2D eigenvalue weighted by Crippen LogP contribution is 2.17. The van der Waals surface area contributed by atoms with E-state index in [-0.39, 0.29) is 10.7 Å². The third-order valence-corrected chi connectivity index (χ3v) is 3.80. The summed E-state index contributed by atoms with van der Waals surface area (Å²) < 4.78 is 5.32. The molecule has 2 N–H and O–H groups in total. The first-order valence-electron chi connectivity index (χ1n) is 7.69. The van der Waals surface area contributed by atoms with Gasteiger partial charge in [0.2, 0.25) is 0 Å². The lowest BCUT2D eigenvalue weighted by Gasteiger charge is -2.16. The third kappa shape index (κ3) is 4.01. The van der Waals surface area contributed by atoms with Gasteiger partial charge in [-0.05, 0) is 55.0 Å². The molecule has 2 aromatic rings. The Labute approximate surface area is 154 Å². The van der Waals surface area contributed by atoms with Gasteiger partial charge in [-0.15, -0.1) is 0 Å². The van der Waals surface area contributed by atoms with Crippen molar-refractivity contribution in [3.8, 4) is 5.75 Å². The number of benzene rings is 2. The fourth-order valence-electron chi connectivity index (χ4n) is 2.34. The molecule has 3 rings (SSSR count). The summed E-state index contributed by atoms with van der Waals surface area (Å²) in [7, 11) is 0. The summed E-state index contributed by atoms with van der Waals surface area (Å²) in [5.74, 6) is -1.22. The molecule has 7 heteroatoms. The Balaban J connectivity index is 1.73. The van der Waals surface area contributed by atoms with Crippen LogP contribution in [-0.2, 0) is 9.59 Å². The molecule has 130 valence electrons. The van der Waals surface area contributed by atoms with E-state index < -0.39 is 17.8 Å². The fraction of sp³-hybridized carbons (Fsp3) is 0.0526. The van der Waals surface area contributed by atoms with Gasteiger partial charge >= 0.3 is 5.97 Å². The van der Waals surface area contributed by atoms with Gasteiger partial charge in [0.05, 0.1) is 5.56 Å². The molecule has 0 radical (unpaired) electrons. The van der Waals surface area contributed by atoms with E-state index >= 15 is 0 Å². The maximum Gasteiger partial charge on any atom is 0.343 e. The van der Waals surface area contributed by atoms with E-state index in [9.17, 15) is 14.4 Å². The molecule has 0 aliphatic carbocycles. The minimum absolute atomic E-state index is 0.0180. The lowest BCUT2D eigenvalue weighted by molar-refractivity contribution is -0.123. The monoisotopic (exact) mass is 366 g/mol. The van der Waals surface area contributed by atoms with Crippen molar-refractivity contribution < 1.29 is 19.1 Å². The van der Waals surface area contributed by atoms with Crippen molar-refractivity contribution in [1.82, 2.24) is 10.6 Å². The second kappa shape index (κ2) is 7.28. The Morgan fingerprint density at radius 3 is 2.31 bits per heavy atom. The minimum Gasteiger partial charge on any atom is -0.423 e. The highest BCUT2D eigenvalue weighted by molar-refractivity contribution is 7.80. The van der Waals surface area contributed by atoms with Gasteiger partial charge in [-0.3, -0.25) is 20.2 Å². The van der Waals surface area contributed by atoms with Gasteiger partial charge < -0.3 is 4.74 Å². The molecule has 2 amide bonds. The summed E-state index contributed by atoms with van der Waals surface area (Å²) >= 11 is 4.74. The molecule has 2 aromatic carbocycles. The molecule has 0 spiro atoms. The maximum atomic E-state index is 12.1. The van der Waals surface area contributed by atoms with Gasteiger partial charge in [0.25, 0.3) is 11.8 Å². The number of carbonyl (C=O) groups is 3. The Hall–Kier alpha value is -3.32. The summed E-state index contributed by atoms with van der Waals surface area (Å²) in [6, 6.07) is 13.5. The predicted molar refractivity (Wildman–Crippen MR) is 99.4 cm³/mol. The first-order valence-corrected chi connectivity index (χ1v) is 8.10. The van der Waals surface area contributed by atoms with Crippen LogP contribution in [0.1, 0.15) is 21.5 Å². The Morgan fingerprint density at radius 2 is 1.69 bits per heavy atom. The highest BCUT2D eigenvalue weighted by atomic mass is 32.1. The van der Waals surface area contributed by atoms with Gasteiger partial charge in [0.15, 0.2) is 5.11 Å². The molecule has 1 heterocycles. The molecule has 1 aliphatic heterocycles. The number of hydrogen-bond donors (Lipinski definition) is 2. The zero-order valence-electron chi connectivity index (χ0n) is 13.7. The molecule has 0 unspecified atom stereocenters. The Bertz CT molecular complexity index is 926. The van der Waals surface area contributed by atoms with E-state index in [0.29, 0.717) is 16.9 Å². The van der Waals surface area contributed by atoms with Gasteiger partial charge in [0, 0.05) is 0 Å². The summed E-state index contributed by atoms with van der Waals surface area (Å²) in [6.45, 7) is 1.89. The normalized spacial score (nSPS) is 13.7. The van der Waals surface area contributed by atoms with Crippen LogP contribution in [0, 0.1) is 6.92 Å². The average molecular weight is 366 g/mol. The number of aryl methyl sites for hydroxylation is 1. The molecular weight excluding hydrogens is 352 g/mol. The second-order valence-electron chi connectivity index (χ2n) is 5.62. The highest BCUT2D eigenvalue weighted by Gasteiger charge is 2.25. The molecule has 0 aromatic heterocycles. The summed E-state index contributed by atoms with van der Waals surface area (Å²) in [5, 5.41) is 4.71. The number of amides is 2. The molecule has 6 nitrogen and oxygen atoms in total. The average Bonchev–Trinajstić information content (AvgIpc) is 2.59. The minimum atomic E-state index is -0.561. The van der Waals surface area contributed by atoms with Gasteiger partial charge in [-0.1, -0.05) is 29.8 Å². The van der Waals surface area contributed by atoms with E-state index in [4.69, 9.17) is 17.0 Å². The van der Waals surface area contributed by atoms with Crippen LogP contribution in [0.3, 0.4) is 0 Å². The van der Waals surface area contributed by atoms with Crippen molar-refractivity contribution in [1.29, 1.82) is 0 Å². The first kappa shape index (κ1) is 17.5. The molecule has 26 heavy (non-hydrogen) atoms. The summed E-state index contributed by atoms with van der Waals surface area (Å²) in [4.78, 5) is 35.8. The largest absolute Gasteiger partial charge is 0.423 e. The van der Waals surface area contributed by atoms with E-state index in [2.05, 4.69) is 10.6 Å². The van der Waals surface area contributed by atoms with Crippen molar-refractivity contribution >= 4 is 41.2 Å². The van der Waals surface area contributed by atoms with Crippen LogP contribution in [0.25, 0.3) is 6.08 Å². The van der Waals surface area contributed by atoms with E-state index in [1.807, 2.05) is 13.0 Å².